The van der Waals surface area contributed by atoms with E-state index in [4.69, 9.17) is 4.18 Å². The normalized spacial score (nSPS) is 13.3. The summed E-state index contributed by atoms with van der Waals surface area (Å²) in [5.41, 5.74) is 0.394. The Balaban J connectivity index is 3.04. The van der Waals surface area contributed by atoms with Gasteiger partial charge in [-0.15, -0.1) is 0 Å². The third-order valence-corrected chi connectivity index (χ3v) is 2.70. The molecule has 6 nitrogen and oxygen atoms in total. The van der Waals surface area contributed by atoms with Crippen LogP contribution in [0, 0.1) is 10.1 Å². The molecule has 0 aliphatic rings. The molecule has 7 heteroatoms. The fourth-order valence-electron chi connectivity index (χ4n) is 1.41. The third kappa shape index (κ3) is 4.12. The van der Waals surface area contributed by atoms with Gasteiger partial charge in [0.2, 0.25) is 0 Å². The first-order chi connectivity index (χ1) is 7.83. The molecule has 94 valence electrons. The zero-order chi connectivity index (χ0) is 13.1. The van der Waals surface area contributed by atoms with Crippen LogP contribution in [0.1, 0.15) is 25.0 Å². The van der Waals surface area contributed by atoms with E-state index < -0.39 is 21.1 Å². The molecule has 0 bridgehead atoms. The summed E-state index contributed by atoms with van der Waals surface area (Å²) in [6, 6.07) is 5.77. The molecule has 1 unspecified atom stereocenters. The molecule has 1 aromatic carbocycles. The first kappa shape index (κ1) is 13.6. The number of nitrogens with zero attached hydrogens (tertiary/aromatic N) is 1. The van der Waals surface area contributed by atoms with Gasteiger partial charge in [-0.3, -0.25) is 14.3 Å². The van der Waals surface area contributed by atoms with Crippen LogP contribution in [0.15, 0.2) is 24.3 Å². The van der Waals surface area contributed by atoms with E-state index in [1.807, 2.05) is 0 Å². The van der Waals surface area contributed by atoms with Crippen molar-refractivity contribution in [2.45, 2.75) is 19.4 Å². The smallest absolute Gasteiger partial charge is 0.262 e. The number of hydrogen-bond donors (Lipinski definition) is 0. The highest BCUT2D eigenvalue weighted by Crippen LogP contribution is 2.25. The average Bonchev–Trinajstić information content (AvgIpc) is 2.25. The topological polar surface area (TPSA) is 86.5 Å². The van der Waals surface area contributed by atoms with Crippen molar-refractivity contribution >= 4 is 15.8 Å². The van der Waals surface area contributed by atoms with Gasteiger partial charge < -0.3 is 0 Å². The second-order valence-corrected chi connectivity index (χ2v) is 5.15. The van der Waals surface area contributed by atoms with Crippen LogP contribution in [-0.4, -0.2) is 19.6 Å². The Labute approximate surface area is 99.5 Å². The Bertz CT molecular complexity index is 511. The minimum Gasteiger partial charge on any atom is -0.262 e. The van der Waals surface area contributed by atoms with Gasteiger partial charge in [0.15, 0.2) is 0 Å². The fourth-order valence-corrected chi connectivity index (χ4v) is 2.08. The molecule has 1 rings (SSSR count). The predicted octanol–water partition coefficient (Wildman–Crippen LogP) is 2.02. The lowest BCUT2D eigenvalue weighted by molar-refractivity contribution is -0.385. The van der Waals surface area contributed by atoms with Crippen LogP contribution in [-0.2, 0) is 14.3 Å². The van der Waals surface area contributed by atoms with Crippen molar-refractivity contribution in [1.29, 1.82) is 0 Å². The zero-order valence-electron chi connectivity index (χ0n) is 9.49. The summed E-state index contributed by atoms with van der Waals surface area (Å²) in [4.78, 5) is 10.1. The molecular weight excluding hydrogens is 246 g/mol. The lowest BCUT2D eigenvalue weighted by Gasteiger charge is -2.14. The predicted molar refractivity (Wildman–Crippen MR) is 62.1 cm³/mol. The summed E-state index contributed by atoms with van der Waals surface area (Å²) in [6.07, 6.45) is 0.672. The minimum atomic E-state index is -3.59. The number of nitro groups is 1. The first-order valence-electron chi connectivity index (χ1n) is 4.96. The zero-order valence-corrected chi connectivity index (χ0v) is 10.3. The van der Waals surface area contributed by atoms with E-state index in [2.05, 4.69) is 0 Å². The summed E-state index contributed by atoms with van der Waals surface area (Å²) >= 11 is 0. The fraction of sp³-hybridized carbons (Fsp3) is 0.400. The highest BCUT2D eigenvalue weighted by Gasteiger charge is 2.18. The number of nitro benzene ring substituents is 1. The average molecular weight is 259 g/mol. The van der Waals surface area contributed by atoms with Crippen molar-refractivity contribution in [3.63, 3.8) is 0 Å². The number of hydrogen-bond acceptors (Lipinski definition) is 5. The van der Waals surface area contributed by atoms with E-state index in [1.54, 1.807) is 13.0 Å². The van der Waals surface area contributed by atoms with Gasteiger partial charge in [0.25, 0.3) is 15.8 Å². The van der Waals surface area contributed by atoms with Crippen LogP contribution in [0.3, 0.4) is 0 Å². The second kappa shape index (κ2) is 5.24. The molecule has 1 atom stereocenters. The van der Waals surface area contributed by atoms with Gasteiger partial charge >= 0.3 is 0 Å². The molecule has 0 spiro atoms. The highest BCUT2D eigenvalue weighted by molar-refractivity contribution is 7.86. The van der Waals surface area contributed by atoms with Crippen LogP contribution < -0.4 is 0 Å². The van der Waals surface area contributed by atoms with E-state index in [9.17, 15) is 18.5 Å². The summed E-state index contributed by atoms with van der Waals surface area (Å²) in [6.45, 7) is 1.74. The molecule has 0 radical (unpaired) electrons. The van der Waals surface area contributed by atoms with Crippen LogP contribution in [0.25, 0.3) is 0 Å². The maximum atomic E-state index is 11.0. The Morgan fingerprint density at radius 2 is 2.12 bits per heavy atom. The third-order valence-electron chi connectivity index (χ3n) is 2.11. The highest BCUT2D eigenvalue weighted by atomic mass is 32.2. The molecule has 0 aromatic heterocycles. The standard InChI is InChI=1S/C10H13NO5S/c1-3-10(16-17(2,14)15)8-5-4-6-9(7-8)11(12)13/h4-7,10H,3H2,1-2H3. The Morgan fingerprint density at radius 1 is 1.47 bits per heavy atom. The van der Waals surface area contributed by atoms with Crippen LogP contribution in [0.5, 0.6) is 0 Å². The number of benzene rings is 1. The summed E-state index contributed by atoms with van der Waals surface area (Å²) in [5.74, 6) is 0. The molecule has 0 saturated carbocycles. The number of non-ortho nitro benzene ring substituents is 1. The van der Waals surface area contributed by atoms with Crippen molar-refractivity contribution < 1.29 is 17.5 Å². The molecular formula is C10H13NO5S. The van der Waals surface area contributed by atoms with Gasteiger partial charge in [-0.1, -0.05) is 19.1 Å². The van der Waals surface area contributed by atoms with E-state index in [-0.39, 0.29) is 5.69 Å². The molecule has 0 saturated heterocycles. The molecule has 0 aliphatic heterocycles. The maximum absolute atomic E-state index is 11.0. The van der Waals surface area contributed by atoms with E-state index >= 15 is 0 Å². The van der Waals surface area contributed by atoms with Crippen molar-refractivity contribution in [3.8, 4) is 0 Å². The molecule has 0 heterocycles. The lowest BCUT2D eigenvalue weighted by atomic mass is 10.1. The maximum Gasteiger partial charge on any atom is 0.269 e. The second-order valence-electron chi connectivity index (χ2n) is 3.55. The molecule has 0 aliphatic carbocycles. The van der Waals surface area contributed by atoms with E-state index in [1.165, 1.54) is 18.2 Å². The summed E-state index contributed by atoms with van der Waals surface area (Å²) < 4.78 is 26.9. The van der Waals surface area contributed by atoms with Gasteiger partial charge in [0.05, 0.1) is 11.2 Å². The van der Waals surface area contributed by atoms with Gasteiger partial charge in [-0.2, -0.15) is 8.42 Å². The SMILES string of the molecule is CCC(OS(C)(=O)=O)c1cccc([N+](=O)[O-])c1. The summed E-state index contributed by atoms with van der Waals surface area (Å²) in [5, 5.41) is 10.6. The van der Waals surface area contributed by atoms with Crippen molar-refractivity contribution in [2.24, 2.45) is 0 Å². The minimum absolute atomic E-state index is 0.0851. The van der Waals surface area contributed by atoms with Gasteiger partial charge in [-0.05, 0) is 12.0 Å². The Kier molecular flexibility index (Phi) is 4.19. The van der Waals surface area contributed by atoms with E-state index in [0.717, 1.165) is 6.26 Å². The first-order valence-corrected chi connectivity index (χ1v) is 6.77. The monoisotopic (exact) mass is 259 g/mol. The van der Waals surface area contributed by atoms with Gasteiger partial charge in [0.1, 0.15) is 6.10 Å². The van der Waals surface area contributed by atoms with Crippen molar-refractivity contribution in [3.05, 3.63) is 39.9 Å². The number of rotatable bonds is 5. The Morgan fingerprint density at radius 3 is 2.59 bits per heavy atom. The molecule has 1 aromatic rings. The van der Waals surface area contributed by atoms with Crippen molar-refractivity contribution in [2.75, 3.05) is 6.26 Å². The van der Waals surface area contributed by atoms with Crippen molar-refractivity contribution in [1.82, 2.24) is 0 Å². The lowest BCUT2D eigenvalue weighted by Crippen LogP contribution is -2.09. The molecule has 17 heavy (non-hydrogen) atoms. The molecule has 0 amide bonds. The quantitative estimate of drug-likeness (QED) is 0.458. The largest absolute Gasteiger partial charge is 0.269 e. The van der Waals surface area contributed by atoms with Gasteiger partial charge in [0, 0.05) is 12.1 Å². The summed E-state index contributed by atoms with van der Waals surface area (Å²) in [7, 11) is -3.59. The van der Waals surface area contributed by atoms with Crippen LogP contribution >= 0.6 is 0 Å². The molecule has 0 N–H and O–H groups in total. The van der Waals surface area contributed by atoms with E-state index in [0.29, 0.717) is 12.0 Å². The van der Waals surface area contributed by atoms with Crippen LogP contribution in [0.4, 0.5) is 5.69 Å². The van der Waals surface area contributed by atoms with Crippen LogP contribution in [0.2, 0.25) is 0 Å². The molecule has 0 fully saturated rings. The Hall–Kier alpha value is -1.47. The van der Waals surface area contributed by atoms with Gasteiger partial charge in [-0.25, -0.2) is 0 Å².